The van der Waals surface area contributed by atoms with Crippen LogP contribution in [0.4, 0.5) is 0 Å². The molecular formula is C15H23NO3. The molecule has 4 nitrogen and oxygen atoms in total. The molecule has 1 rings (SSSR count). The summed E-state index contributed by atoms with van der Waals surface area (Å²) in [5, 5.41) is 12.4. The first-order chi connectivity index (χ1) is 8.84. The Morgan fingerprint density at radius 1 is 1.42 bits per heavy atom. The summed E-state index contributed by atoms with van der Waals surface area (Å²) < 4.78 is 5.48. The van der Waals surface area contributed by atoms with E-state index in [1.54, 1.807) is 6.92 Å². The second kappa shape index (κ2) is 6.57. The second-order valence-corrected chi connectivity index (χ2v) is 5.18. The van der Waals surface area contributed by atoms with Crippen LogP contribution in [0.15, 0.2) is 18.2 Å². The molecule has 19 heavy (non-hydrogen) atoms. The van der Waals surface area contributed by atoms with Gasteiger partial charge in [-0.2, -0.15) is 0 Å². The second-order valence-electron chi connectivity index (χ2n) is 5.18. The van der Waals surface area contributed by atoms with E-state index in [1.165, 1.54) is 0 Å². The van der Waals surface area contributed by atoms with Crippen LogP contribution in [0, 0.1) is 13.8 Å². The lowest BCUT2D eigenvalue weighted by Crippen LogP contribution is -2.41. The maximum atomic E-state index is 11.6. The molecule has 1 unspecified atom stereocenters. The van der Waals surface area contributed by atoms with Crippen LogP contribution in [0.3, 0.4) is 0 Å². The molecule has 0 aromatic heterocycles. The number of aliphatic hydroxyl groups is 1. The molecule has 0 spiro atoms. The van der Waals surface area contributed by atoms with Crippen LogP contribution in [-0.4, -0.2) is 29.8 Å². The quantitative estimate of drug-likeness (QED) is 0.826. The topological polar surface area (TPSA) is 58.6 Å². The molecule has 0 radical (unpaired) electrons. The predicted octanol–water partition coefficient (Wildman–Crippen LogP) is 1.96. The number of carbonyl (C=O) groups is 1. The highest BCUT2D eigenvalue weighted by atomic mass is 16.5. The molecule has 0 heterocycles. The molecule has 0 saturated heterocycles. The average molecular weight is 265 g/mol. The standard InChI is InChI=1S/C15H23NO3/c1-5-15(4,18)10-16-14(17)9-19-13-8-11(2)6-7-12(13)3/h6-8,18H,5,9-10H2,1-4H3,(H,16,17). The minimum Gasteiger partial charge on any atom is -0.483 e. The van der Waals surface area contributed by atoms with Gasteiger partial charge in [-0.3, -0.25) is 4.79 Å². The Labute approximate surface area is 114 Å². The lowest BCUT2D eigenvalue weighted by Gasteiger charge is -2.21. The molecule has 1 atom stereocenters. The first kappa shape index (κ1) is 15.5. The van der Waals surface area contributed by atoms with Crippen LogP contribution in [0.1, 0.15) is 31.4 Å². The molecule has 1 aromatic rings. The van der Waals surface area contributed by atoms with Crippen molar-refractivity contribution in [2.75, 3.05) is 13.2 Å². The molecule has 0 bridgehead atoms. The number of hydrogen-bond donors (Lipinski definition) is 2. The van der Waals surface area contributed by atoms with E-state index in [2.05, 4.69) is 5.32 Å². The van der Waals surface area contributed by atoms with Gasteiger partial charge in [0.15, 0.2) is 6.61 Å². The van der Waals surface area contributed by atoms with Crippen molar-refractivity contribution < 1.29 is 14.6 Å². The summed E-state index contributed by atoms with van der Waals surface area (Å²) in [4.78, 5) is 11.6. The first-order valence-corrected chi connectivity index (χ1v) is 6.53. The molecule has 0 aliphatic heterocycles. The fourth-order valence-corrected chi connectivity index (χ4v) is 1.47. The van der Waals surface area contributed by atoms with Gasteiger partial charge in [0.2, 0.25) is 0 Å². The number of aryl methyl sites for hydroxylation is 2. The lowest BCUT2D eigenvalue weighted by atomic mass is 10.0. The molecule has 2 N–H and O–H groups in total. The Bertz CT molecular complexity index is 441. The van der Waals surface area contributed by atoms with Gasteiger partial charge < -0.3 is 15.2 Å². The third-order valence-corrected chi connectivity index (χ3v) is 3.13. The number of rotatable bonds is 6. The fourth-order valence-electron chi connectivity index (χ4n) is 1.47. The zero-order valence-electron chi connectivity index (χ0n) is 12.1. The Morgan fingerprint density at radius 2 is 2.11 bits per heavy atom. The van der Waals surface area contributed by atoms with Gasteiger partial charge in [0.05, 0.1) is 5.60 Å². The molecule has 0 aliphatic carbocycles. The molecule has 106 valence electrons. The summed E-state index contributed by atoms with van der Waals surface area (Å²) in [6.07, 6.45) is 0.588. The largest absolute Gasteiger partial charge is 0.483 e. The van der Waals surface area contributed by atoms with E-state index in [-0.39, 0.29) is 19.1 Å². The van der Waals surface area contributed by atoms with Crippen LogP contribution in [0.25, 0.3) is 0 Å². The van der Waals surface area contributed by atoms with Crippen molar-refractivity contribution in [3.63, 3.8) is 0 Å². The first-order valence-electron chi connectivity index (χ1n) is 6.53. The Kier molecular flexibility index (Phi) is 5.36. The zero-order valence-corrected chi connectivity index (χ0v) is 12.1. The smallest absolute Gasteiger partial charge is 0.258 e. The molecule has 1 amide bonds. The highest BCUT2D eigenvalue weighted by molar-refractivity contribution is 5.77. The summed E-state index contributed by atoms with van der Waals surface area (Å²) in [7, 11) is 0. The van der Waals surface area contributed by atoms with Crippen LogP contribution in [0.5, 0.6) is 5.75 Å². The van der Waals surface area contributed by atoms with Crippen molar-refractivity contribution in [3.05, 3.63) is 29.3 Å². The van der Waals surface area contributed by atoms with Gasteiger partial charge in [-0.05, 0) is 44.4 Å². The van der Waals surface area contributed by atoms with Gasteiger partial charge in [0.1, 0.15) is 5.75 Å². The van der Waals surface area contributed by atoms with E-state index in [9.17, 15) is 9.90 Å². The van der Waals surface area contributed by atoms with Gasteiger partial charge in [0, 0.05) is 6.54 Å². The molecule has 0 fully saturated rings. The summed E-state index contributed by atoms with van der Waals surface area (Å²) >= 11 is 0. The number of benzene rings is 1. The van der Waals surface area contributed by atoms with Gasteiger partial charge in [-0.15, -0.1) is 0 Å². The highest BCUT2D eigenvalue weighted by Crippen LogP contribution is 2.18. The van der Waals surface area contributed by atoms with Gasteiger partial charge >= 0.3 is 0 Å². The Hall–Kier alpha value is -1.55. The summed E-state index contributed by atoms with van der Waals surface area (Å²) in [6, 6.07) is 5.87. The summed E-state index contributed by atoms with van der Waals surface area (Å²) in [5.74, 6) is 0.493. The Balaban J connectivity index is 2.44. The number of hydrogen-bond acceptors (Lipinski definition) is 3. The third kappa shape index (κ3) is 5.30. The predicted molar refractivity (Wildman–Crippen MR) is 75.3 cm³/mol. The molecule has 0 aliphatic rings. The maximum absolute atomic E-state index is 11.6. The maximum Gasteiger partial charge on any atom is 0.258 e. The van der Waals surface area contributed by atoms with Gasteiger partial charge in [-0.1, -0.05) is 19.1 Å². The highest BCUT2D eigenvalue weighted by Gasteiger charge is 2.18. The van der Waals surface area contributed by atoms with Crippen molar-refractivity contribution in [2.45, 2.75) is 39.7 Å². The van der Waals surface area contributed by atoms with E-state index < -0.39 is 5.60 Å². The van der Waals surface area contributed by atoms with Crippen LogP contribution in [-0.2, 0) is 4.79 Å². The van der Waals surface area contributed by atoms with Crippen LogP contribution in [0.2, 0.25) is 0 Å². The van der Waals surface area contributed by atoms with E-state index in [4.69, 9.17) is 4.74 Å². The van der Waals surface area contributed by atoms with E-state index in [0.717, 1.165) is 16.9 Å². The zero-order chi connectivity index (χ0) is 14.5. The average Bonchev–Trinajstić information content (AvgIpc) is 2.37. The normalized spacial score (nSPS) is 13.7. The fraction of sp³-hybridized carbons (Fsp3) is 0.533. The number of carbonyl (C=O) groups excluding carboxylic acids is 1. The molecule has 4 heteroatoms. The van der Waals surface area contributed by atoms with Crippen molar-refractivity contribution in [2.24, 2.45) is 0 Å². The van der Waals surface area contributed by atoms with E-state index in [0.29, 0.717) is 6.42 Å². The van der Waals surface area contributed by atoms with Gasteiger partial charge in [-0.25, -0.2) is 0 Å². The van der Waals surface area contributed by atoms with Gasteiger partial charge in [0.25, 0.3) is 5.91 Å². The Morgan fingerprint density at radius 3 is 2.74 bits per heavy atom. The minimum atomic E-state index is -0.866. The number of nitrogens with one attached hydrogen (secondary N) is 1. The van der Waals surface area contributed by atoms with Crippen molar-refractivity contribution in [3.8, 4) is 5.75 Å². The molecule has 1 aromatic carbocycles. The molecular weight excluding hydrogens is 242 g/mol. The van der Waals surface area contributed by atoms with E-state index >= 15 is 0 Å². The third-order valence-electron chi connectivity index (χ3n) is 3.13. The lowest BCUT2D eigenvalue weighted by molar-refractivity contribution is -0.124. The monoisotopic (exact) mass is 265 g/mol. The number of ether oxygens (including phenoxy) is 1. The van der Waals surface area contributed by atoms with Crippen molar-refractivity contribution in [1.82, 2.24) is 5.32 Å². The van der Waals surface area contributed by atoms with Crippen LogP contribution < -0.4 is 10.1 Å². The van der Waals surface area contributed by atoms with E-state index in [1.807, 2.05) is 39.0 Å². The van der Waals surface area contributed by atoms with Crippen LogP contribution >= 0.6 is 0 Å². The molecule has 0 saturated carbocycles. The van der Waals surface area contributed by atoms with Crippen molar-refractivity contribution >= 4 is 5.91 Å². The SMILES string of the molecule is CCC(C)(O)CNC(=O)COc1cc(C)ccc1C. The summed E-state index contributed by atoms with van der Waals surface area (Å²) in [5.41, 5.74) is 1.23. The number of amides is 1. The minimum absolute atomic E-state index is 0.0376. The summed E-state index contributed by atoms with van der Waals surface area (Å²) in [6.45, 7) is 7.68. The van der Waals surface area contributed by atoms with Crippen molar-refractivity contribution in [1.29, 1.82) is 0 Å².